The first kappa shape index (κ1) is 15.8. The van der Waals surface area contributed by atoms with E-state index in [0.717, 1.165) is 25.8 Å². The highest BCUT2D eigenvalue weighted by molar-refractivity contribution is 7.09. The van der Waals surface area contributed by atoms with Crippen molar-refractivity contribution in [1.29, 1.82) is 0 Å². The van der Waals surface area contributed by atoms with Crippen LogP contribution in [0.1, 0.15) is 23.8 Å². The average Bonchev–Trinajstić information content (AvgIpc) is 2.93. The molecule has 0 aliphatic rings. The molecule has 20 heavy (non-hydrogen) atoms. The van der Waals surface area contributed by atoms with Gasteiger partial charge < -0.3 is 5.32 Å². The van der Waals surface area contributed by atoms with Gasteiger partial charge in [0.2, 0.25) is 0 Å². The van der Waals surface area contributed by atoms with Crippen molar-refractivity contribution < 1.29 is 0 Å². The molecule has 1 nitrogen and oxygen atoms in total. The second-order valence-electron chi connectivity index (χ2n) is 4.89. The molecule has 4 heteroatoms. The van der Waals surface area contributed by atoms with E-state index in [1.807, 2.05) is 23.5 Å². The van der Waals surface area contributed by atoms with Crippen molar-refractivity contribution in [2.75, 3.05) is 6.54 Å². The number of halogens is 2. The Morgan fingerprint density at radius 3 is 2.65 bits per heavy atom. The van der Waals surface area contributed by atoms with Crippen molar-refractivity contribution in [3.05, 3.63) is 56.2 Å². The maximum Gasteiger partial charge on any atom is 0.0595 e. The Bertz CT molecular complexity index is 525. The summed E-state index contributed by atoms with van der Waals surface area (Å²) >= 11 is 13.9. The fraction of sp³-hybridized carbons (Fsp3) is 0.375. The van der Waals surface area contributed by atoms with E-state index in [2.05, 4.69) is 35.8 Å². The molecular formula is C16H19Cl2NS. The van der Waals surface area contributed by atoms with Crippen LogP contribution in [0.15, 0.2) is 35.7 Å². The first-order valence-corrected chi connectivity index (χ1v) is 8.52. The Labute approximate surface area is 134 Å². The third-order valence-corrected chi connectivity index (χ3v) is 4.81. The normalized spacial score (nSPS) is 12.6. The number of hydrogen-bond donors (Lipinski definition) is 1. The predicted molar refractivity (Wildman–Crippen MR) is 90.3 cm³/mol. The lowest BCUT2D eigenvalue weighted by Gasteiger charge is -2.18. The number of hydrogen-bond acceptors (Lipinski definition) is 2. The van der Waals surface area contributed by atoms with Gasteiger partial charge in [0, 0.05) is 10.9 Å². The molecule has 0 saturated heterocycles. The summed E-state index contributed by atoms with van der Waals surface area (Å²) in [4.78, 5) is 1.42. The molecule has 0 spiro atoms. The zero-order valence-corrected chi connectivity index (χ0v) is 13.9. The Morgan fingerprint density at radius 2 is 2.00 bits per heavy atom. The van der Waals surface area contributed by atoms with Crippen molar-refractivity contribution in [3.8, 4) is 0 Å². The van der Waals surface area contributed by atoms with Gasteiger partial charge in [-0.05, 0) is 54.9 Å². The molecule has 1 unspecified atom stereocenters. The van der Waals surface area contributed by atoms with Gasteiger partial charge in [0.05, 0.1) is 10.0 Å². The molecule has 0 radical (unpaired) electrons. The van der Waals surface area contributed by atoms with Crippen molar-refractivity contribution in [2.24, 2.45) is 0 Å². The van der Waals surface area contributed by atoms with Gasteiger partial charge in [-0.25, -0.2) is 0 Å². The number of rotatable bonds is 7. The third-order valence-electron chi connectivity index (χ3n) is 3.18. The summed E-state index contributed by atoms with van der Waals surface area (Å²) in [7, 11) is 0. The third kappa shape index (κ3) is 4.78. The van der Waals surface area contributed by atoms with Gasteiger partial charge in [0.15, 0.2) is 0 Å². The van der Waals surface area contributed by atoms with Crippen molar-refractivity contribution in [3.63, 3.8) is 0 Å². The fourth-order valence-corrected chi connectivity index (χ4v) is 3.29. The molecule has 2 aromatic rings. The standard InChI is InChI=1S/C16H19Cl2NS/c1-2-7-19-13(11-14-4-3-8-20-14)9-12-5-6-15(17)16(18)10-12/h3-6,8,10,13,19H,2,7,9,11H2,1H3. The molecule has 1 aromatic carbocycles. The van der Waals surface area contributed by atoms with E-state index in [1.165, 1.54) is 10.4 Å². The van der Waals surface area contributed by atoms with E-state index in [9.17, 15) is 0 Å². The molecule has 1 heterocycles. The summed E-state index contributed by atoms with van der Waals surface area (Å²) < 4.78 is 0. The maximum absolute atomic E-state index is 6.09. The SMILES string of the molecule is CCCNC(Cc1ccc(Cl)c(Cl)c1)Cc1cccs1. The van der Waals surface area contributed by atoms with Gasteiger partial charge >= 0.3 is 0 Å². The van der Waals surface area contributed by atoms with Crippen LogP contribution in [0.4, 0.5) is 0 Å². The van der Waals surface area contributed by atoms with E-state index in [4.69, 9.17) is 23.2 Å². The monoisotopic (exact) mass is 327 g/mol. The quantitative estimate of drug-likeness (QED) is 0.736. The van der Waals surface area contributed by atoms with Gasteiger partial charge in [-0.3, -0.25) is 0 Å². The minimum absolute atomic E-state index is 0.436. The summed E-state index contributed by atoms with van der Waals surface area (Å²) in [6.45, 7) is 3.23. The van der Waals surface area contributed by atoms with Crippen molar-refractivity contribution in [2.45, 2.75) is 32.2 Å². The minimum atomic E-state index is 0.436. The number of thiophene rings is 1. The van der Waals surface area contributed by atoms with Gasteiger partial charge in [0.1, 0.15) is 0 Å². The van der Waals surface area contributed by atoms with Gasteiger partial charge in [-0.2, -0.15) is 0 Å². The molecule has 1 N–H and O–H groups in total. The van der Waals surface area contributed by atoms with Crippen LogP contribution in [0.5, 0.6) is 0 Å². The van der Waals surface area contributed by atoms with Crippen LogP contribution in [0.25, 0.3) is 0 Å². The van der Waals surface area contributed by atoms with Gasteiger partial charge in [-0.1, -0.05) is 42.3 Å². The molecule has 0 amide bonds. The average molecular weight is 328 g/mol. The lowest BCUT2D eigenvalue weighted by molar-refractivity contribution is 0.507. The van der Waals surface area contributed by atoms with Crippen LogP contribution in [-0.2, 0) is 12.8 Å². The maximum atomic E-state index is 6.09. The van der Waals surface area contributed by atoms with E-state index in [1.54, 1.807) is 0 Å². The highest BCUT2D eigenvalue weighted by atomic mass is 35.5. The van der Waals surface area contributed by atoms with Crippen LogP contribution in [0.3, 0.4) is 0 Å². The molecule has 0 aliphatic carbocycles. The molecule has 0 fully saturated rings. The summed E-state index contributed by atoms with van der Waals surface area (Å²) in [5.41, 5.74) is 1.23. The lowest BCUT2D eigenvalue weighted by atomic mass is 10.0. The van der Waals surface area contributed by atoms with Gasteiger partial charge in [-0.15, -0.1) is 11.3 Å². The molecule has 0 bridgehead atoms. The summed E-state index contributed by atoms with van der Waals surface area (Å²) in [5.74, 6) is 0. The van der Waals surface area contributed by atoms with E-state index in [-0.39, 0.29) is 0 Å². The van der Waals surface area contributed by atoms with Crippen LogP contribution in [-0.4, -0.2) is 12.6 Å². The highest BCUT2D eigenvalue weighted by Gasteiger charge is 2.11. The number of benzene rings is 1. The molecule has 2 rings (SSSR count). The predicted octanol–water partition coefficient (Wildman–Crippen LogP) is 5.21. The van der Waals surface area contributed by atoms with E-state index in [0.29, 0.717) is 16.1 Å². The smallest absolute Gasteiger partial charge is 0.0595 e. The molecule has 0 saturated carbocycles. The molecular weight excluding hydrogens is 309 g/mol. The zero-order chi connectivity index (χ0) is 14.4. The van der Waals surface area contributed by atoms with Crippen LogP contribution in [0, 0.1) is 0 Å². The van der Waals surface area contributed by atoms with E-state index >= 15 is 0 Å². The lowest BCUT2D eigenvalue weighted by Crippen LogP contribution is -2.33. The number of nitrogens with one attached hydrogen (secondary N) is 1. The fourth-order valence-electron chi connectivity index (χ4n) is 2.19. The van der Waals surface area contributed by atoms with Crippen LogP contribution >= 0.6 is 34.5 Å². The Kier molecular flexibility index (Phi) is 6.37. The second kappa shape index (κ2) is 8.04. The van der Waals surface area contributed by atoms with Crippen molar-refractivity contribution in [1.82, 2.24) is 5.32 Å². The van der Waals surface area contributed by atoms with Crippen LogP contribution < -0.4 is 5.32 Å². The largest absolute Gasteiger partial charge is 0.313 e. The first-order chi connectivity index (χ1) is 9.69. The summed E-state index contributed by atoms with van der Waals surface area (Å²) in [5, 5.41) is 7.00. The Morgan fingerprint density at radius 1 is 1.15 bits per heavy atom. The summed E-state index contributed by atoms with van der Waals surface area (Å²) in [6, 6.07) is 10.6. The second-order valence-corrected chi connectivity index (χ2v) is 6.73. The topological polar surface area (TPSA) is 12.0 Å². The molecule has 0 aliphatic heterocycles. The Hall–Kier alpha value is -0.540. The highest BCUT2D eigenvalue weighted by Crippen LogP contribution is 2.23. The van der Waals surface area contributed by atoms with Crippen LogP contribution in [0.2, 0.25) is 10.0 Å². The first-order valence-electron chi connectivity index (χ1n) is 6.88. The molecule has 108 valence electrons. The Balaban J connectivity index is 2.04. The minimum Gasteiger partial charge on any atom is -0.313 e. The van der Waals surface area contributed by atoms with Crippen molar-refractivity contribution >= 4 is 34.5 Å². The molecule has 1 aromatic heterocycles. The molecule has 1 atom stereocenters. The zero-order valence-electron chi connectivity index (χ0n) is 11.5. The van der Waals surface area contributed by atoms with E-state index < -0.39 is 0 Å². The van der Waals surface area contributed by atoms with Gasteiger partial charge in [0.25, 0.3) is 0 Å². The summed E-state index contributed by atoms with van der Waals surface area (Å²) in [6.07, 6.45) is 3.16.